The molecule has 5 nitrogen and oxygen atoms in total. The Labute approximate surface area is 187 Å². The highest BCUT2D eigenvalue weighted by Gasteiger charge is 2.28. The molecule has 0 bridgehead atoms. The fourth-order valence-corrected chi connectivity index (χ4v) is 4.67. The minimum absolute atomic E-state index is 0.0731. The molecule has 0 fully saturated rings. The summed E-state index contributed by atoms with van der Waals surface area (Å²) < 4.78 is 6.59. The molecule has 0 radical (unpaired) electrons. The van der Waals surface area contributed by atoms with Crippen molar-refractivity contribution in [2.24, 2.45) is 0 Å². The van der Waals surface area contributed by atoms with E-state index < -0.39 is 0 Å². The van der Waals surface area contributed by atoms with E-state index in [2.05, 4.69) is 63.1 Å². The number of aryl methyl sites for hydroxylation is 2. The van der Waals surface area contributed by atoms with Crippen LogP contribution in [0.3, 0.4) is 0 Å². The molecule has 0 saturated carbocycles. The highest BCUT2D eigenvalue weighted by molar-refractivity contribution is 14.1. The Kier molecular flexibility index (Phi) is 4.86. The third-order valence-electron chi connectivity index (χ3n) is 5.40. The van der Waals surface area contributed by atoms with E-state index in [0.717, 1.165) is 48.4 Å². The third kappa shape index (κ3) is 3.11. The van der Waals surface area contributed by atoms with E-state index in [0.29, 0.717) is 0 Å². The second-order valence-corrected chi connectivity index (χ2v) is 8.41. The molecule has 0 spiro atoms. The van der Waals surface area contributed by atoms with Gasteiger partial charge in [-0.1, -0.05) is 41.6 Å². The van der Waals surface area contributed by atoms with Gasteiger partial charge in [-0.15, -0.1) is 0 Å². The predicted molar refractivity (Wildman–Crippen MR) is 125 cm³/mol. The van der Waals surface area contributed by atoms with Crippen LogP contribution in [0.1, 0.15) is 34.2 Å². The number of fused-ring (bicyclic) bond motifs is 1. The molecule has 6 heteroatoms. The molecular formula is C24H19IN4O. The monoisotopic (exact) mass is 506 g/mol. The smallest absolute Gasteiger partial charge is 0.141 e. The first-order chi connectivity index (χ1) is 14.6. The molecule has 4 aromatic heterocycles. The second kappa shape index (κ2) is 7.68. The lowest BCUT2D eigenvalue weighted by molar-refractivity contribution is 0.393. The van der Waals surface area contributed by atoms with Gasteiger partial charge >= 0.3 is 0 Å². The number of nitrogens with one attached hydrogen (secondary N) is 1. The number of nitrogens with zero attached hydrogens (tertiary/aromatic N) is 3. The molecule has 148 valence electrons. The quantitative estimate of drug-likeness (QED) is 0.303. The fourth-order valence-electron chi connectivity index (χ4n) is 4.10. The minimum atomic E-state index is -0.0731. The van der Waals surface area contributed by atoms with Crippen LogP contribution in [-0.2, 0) is 0 Å². The van der Waals surface area contributed by atoms with Gasteiger partial charge in [-0.25, -0.2) is 0 Å². The largest absolute Gasteiger partial charge is 0.361 e. The Morgan fingerprint density at radius 2 is 1.80 bits per heavy atom. The van der Waals surface area contributed by atoms with Crippen molar-refractivity contribution in [1.29, 1.82) is 0 Å². The van der Waals surface area contributed by atoms with Crippen LogP contribution in [0.15, 0.2) is 71.6 Å². The Bertz CT molecular complexity index is 1270. The van der Waals surface area contributed by atoms with E-state index in [4.69, 9.17) is 14.5 Å². The molecular weight excluding hydrogens is 487 g/mol. The van der Waals surface area contributed by atoms with Gasteiger partial charge in [0.25, 0.3) is 0 Å². The number of benzene rings is 1. The van der Waals surface area contributed by atoms with Gasteiger partial charge < -0.3 is 9.51 Å². The van der Waals surface area contributed by atoms with Crippen LogP contribution in [-0.4, -0.2) is 20.1 Å². The van der Waals surface area contributed by atoms with Crippen LogP contribution in [0.2, 0.25) is 0 Å². The van der Waals surface area contributed by atoms with Crippen molar-refractivity contribution in [2.75, 3.05) is 0 Å². The number of pyridine rings is 2. The SMILES string of the molecule is Cc1noc(C)c1-c1cnc2c(I)c[nH]c2c1C(c1ccccc1)c1ccccn1. The summed E-state index contributed by atoms with van der Waals surface area (Å²) in [6, 6.07) is 16.5. The van der Waals surface area contributed by atoms with Gasteiger partial charge in [-0.3, -0.25) is 9.97 Å². The van der Waals surface area contributed by atoms with Crippen LogP contribution in [0.4, 0.5) is 0 Å². The second-order valence-electron chi connectivity index (χ2n) is 7.24. The maximum Gasteiger partial charge on any atom is 0.141 e. The van der Waals surface area contributed by atoms with Gasteiger partial charge in [0.15, 0.2) is 0 Å². The molecule has 0 aliphatic carbocycles. The first-order valence-electron chi connectivity index (χ1n) is 9.69. The predicted octanol–water partition coefficient (Wildman–Crippen LogP) is 6.01. The number of halogens is 1. The number of aromatic nitrogens is 4. The van der Waals surface area contributed by atoms with Crippen molar-refractivity contribution in [3.63, 3.8) is 0 Å². The summed E-state index contributed by atoms with van der Waals surface area (Å²) in [5.74, 6) is 0.708. The van der Waals surface area contributed by atoms with Crippen molar-refractivity contribution in [2.45, 2.75) is 19.8 Å². The van der Waals surface area contributed by atoms with E-state index in [1.54, 1.807) is 0 Å². The van der Waals surface area contributed by atoms with Gasteiger partial charge in [-0.05, 0) is 54.1 Å². The van der Waals surface area contributed by atoms with Crippen LogP contribution in [0, 0.1) is 17.4 Å². The zero-order valence-corrected chi connectivity index (χ0v) is 18.7. The van der Waals surface area contributed by atoms with E-state index in [9.17, 15) is 0 Å². The van der Waals surface area contributed by atoms with Crippen LogP contribution < -0.4 is 0 Å². The van der Waals surface area contributed by atoms with E-state index >= 15 is 0 Å². The number of H-pyrrole nitrogens is 1. The summed E-state index contributed by atoms with van der Waals surface area (Å²) in [5, 5.41) is 4.19. The normalized spacial score (nSPS) is 12.4. The molecule has 5 rings (SSSR count). The maximum atomic E-state index is 5.51. The average Bonchev–Trinajstić information content (AvgIpc) is 3.32. The molecule has 0 amide bonds. The number of hydrogen-bond acceptors (Lipinski definition) is 4. The summed E-state index contributed by atoms with van der Waals surface area (Å²) in [4.78, 5) is 13.0. The summed E-state index contributed by atoms with van der Waals surface area (Å²) in [6.07, 6.45) is 5.79. The minimum Gasteiger partial charge on any atom is -0.361 e. The summed E-state index contributed by atoms with van der Waals surface area (Å²) >= 11 is 2.32. The molecule has 0 aliphatic heterocycles. The zero-order valence-electron chi connectivity index (χ0n) is 16.6. The van der Waals surface area contributed by atoms with Gasteiger partial charge in [0.2, 0.25) is 0 Å². The van der Waals surface area contributed by atoms with Crippen molar-refractivity contribution < 1.29 is 4.52 Å². The summed E-state index contributed by atoms with van der Waals surface area (Å²) in [6.45, 7) is 3.91. The van der Waals surface area contributed by atoms with Crippen LogP contribution >= 0.6 is 22.6 Å². The Morgan fingerprint density at radius 1 is 1.00 bits per heavy atom. The highest BCUT2D eigenvalue weighted by Crippen LogP contribution is 2.42. The van der Waals surface area contributed by atoms with E-state index in [1.807, 2.05) is 50.6 Å². The number of aromatic amines is 1. The van der Waals surface area contributed by atoms with Crippen molar-refractivity contribution in [3.8, 4) is 11.1 Å². The van der Waals surface area contributed by atoms with Gasteiger partial charge in [0.05, 0.1) is 26.4 Å². The molecule has 30 heavy (non-hydrogen) atoms. The molecule has 1 N–H and O–H groups in total. The van der Waals surface area contributed by atoms with Gasteiger partial charge in [-0.2, -0.15) is 0 Å². The maximum absolute atomic E-state index is 5.51. The lowest BCUT2D eigenvalue weighted by atomic mass is 9.83. The Morgan fingerprint density at radius 3 is 2.50 bits per heavy atom. The van der Waals surface area contributed by atoms with E-state index in [1.165, 1.54) is 5.56 Å². The number of rotatable bonds is 4. The van der Waals surface area contributed by atoms with Crippen molar-refractivity contribution in [1.82, 2.24) is 20.1 Å². The topological polar surface area (TPSA) is 67.6 Å². The van der Waals surface area contributed by atoms with Gasteiger partial charge in [0.1, 0.15) is 11.3 Å². The molecule has 1 aromatic carbocycles. The van der Waals surface area contributed by atoms with Gasteiger partial charge in [0, 0.05) is 35.3 Å². The number of hydrogen-bond donors (Lipinski definition) is 1. The Hall–Kier alpha value is -3.00. The lowest BCUT2D eigenvalue weighted by Gasteiger charge is -2.22. The highest BCUT2D eigenvalue weighted by atomic mass is 127. The average molecular weight is 506 g/mol. The molecule has 0 aliphatic rings. The zero-order chi connectivity index (χ0) is 20.7. The van der Waals surface area contributed by atoms with Crippen molar-refractivity contribution >= 4 is 33.6 Å². The molecule has 4 heterocycles. The van der Waals surface area contributed by atoms with E-state index in [-0.39, 0.29) is 5.92 Å². The molecule has 0 saturated heterocycles. The first-order valence-corrected chi connectivity index (χ1v) is 10.8. The fraction of sp³-hybridized carbons (Fsp3) is 0.125. The first kappa shape index (κ1) is 19.0. The molecule has 1 atom stereocenters. The lowest BCUT2D eigenvalue weighted by Crippen LogP contribution is -2.09. The summed E-state index contributed by atoms with van der Waals surface area (Å²) in [7, 11) is 0. The van der Waals surface area contributed by atoms with Crippen LogP contribution in [0.25, 0.3) is 22.2 Å². The Balaban J connectivity index is 1.90. The third-order valence-corrected chi connectivity index (χ3v) is 6.22. The molecule has 5 aromatic rings. The van der Waals surface area contributed by atoms with Crippen molar-refractivity contribution in [3.05, 3.63) is 99.0 Å². The molecule has 1 unspecified atom stereocenters. The summed E-state index contributed by atoms with van der Waals surface area (Å²) in [5.41, 5.74) is 8.09. The van der Waals surface area contributed by atoms with Crippen LogP contribution in [0.5, 0.6) is 0 Å². The standard InChI is InChI=1S/C24H19IN4O/c1-14-20(15(2)30-29-14)17-12-27-23-18(25)13-28-24(23)22(17)21(16-8-4-3-5-9-16)19-10-6-7-11-26-19/h3-13,21,28H,1-2H3.